The molecule has 0 spiro atoms. The first kappa shape index (κ1) is 19.1. The molecule has 0 N–H and O–H groups in total. The molecule has 0 unspecified atom stereocenters. The maximum absolute atomic E-state index is 11.8. The third kappa shape index (κ3) is 3.99. The first-order valence-electron chi connectivity index (χ1n) is 9.94. The fourth-order valence-corrected chi connectivity index (χ4v) is 3.88. The highest BCUT2D eigenvalue weighted by Crippen LogP contribution is 2.30. The molecule has 0 saturated carbocycles. The molecular weight excluding hydrogens is 364 g/mol. The molecular formula is C24H24N2O3. The minimum Gasteiger partial charge on any atom is -0.490 e. The number of hydrogen-bond acceptors (Lipinski definition) is 4. The predicted molar refractivity (Wildman–Crippen MR) is 113 cm³/mol. The van der Waals surface area contributed by atoms with Crippen LogP contribution in [0.5, 0.6) is 5.75 Å². The minimum atomic E-state index is -0.404. The highest BCUT2D eigenvalue weighted by Gasteiger charge is 2.25. The first-order valence-corrected chi connectivity index (χ1v) is 9.94. The van der Waals surface area contributed by atoms with Crippen LogP contribution in [0.2, 0.25) is 0 Å². The van der Waals surface area contributed by atoms with E-state index in [4.69, 9.17) is 4.74 Å². The number of carbonyl (C=O) groups excluding carboxylic acids is 2. The lowest BCUT2D eigenvalue weighted by atomic mass is 9.99. The summed E-state index contributed by atoms with van der Waals surface area (Å²) in [7, 11) is 0. The van der Waals surface area contributed by atoms with Crippen molar-refractivity contribution in [3.05, 3.63) is 60.3 Å². The third-order valence-corrected chi connectivity index (χ3v) is 5.54. The molecule has 1 aliphatic heterocycles. The first-order chi connectivity index (χ1) is 14.0. The van der Waals surface area contributed by atoms with E-state index in [1.807, 2.05) is 36.5 Å². The Kier molecular flexibility index (Phi) is 5.30. The summed E-state index contributed by atoms with van der Waals surface area (Å²) in [5, 5.41) is 1.16. The Balaban J connectivity index is 1.43. The topological polar surface area (TPSA) is 59.5 Å². The fraction of sp³-hybridized carbons (Fsp3) is 0.292. The highest BCUT2D eigenvalue weighted by atomic mass is 16.5. The lowest BCUT2D eigenvalue weighted by molar-refractivity contribution is -0.144. The van der Waals surface area contributed by atoms with Crippen molar-refractivity contribution in [1.82, 2.24) is 9.88 Å². The molecule has 4 rings (SSSR count). The SMILES string of the molecule is CC(=O)C(=O)N1CCC(Oc2ccc(-c3cnc4ccccc4c3C)cc2)CC1. The molecule has 5 heteroatoms. The number of hydrogen-bond donors (Lipinski definition) is 0. The average molecular weight is 388 g/mol. The predicted octanol–water partition coefficient (Wildman–Crippen LogP) is 4.17. The smallest absolute Gasteiger partial charge is 0.289 e. The van der Waals surface area contributed by atoms with Gasteiger partial charge in [0.15, 0.2) is 0 Å². The van der Waals surface area contributed by atoms with Crippen LogP contribution >= 0.6 is 0 Å². The Hall–Kier alpha value is -3.21. The Morgan fingerprint density at radius 2 is 1.72 bits per heavy atom. The van der Waals surface area contributed by atoms with Crippen LogP contribution in [0.4, 0.5) is 0 Å². The Morgan fingerprint density at radius 3 is 2.41 bits per heavy atom. The van der Waals surface area contributed by atoms with Gasteiger partial charge in [-0.3, -0.25) is 14.6 Å². The lowest BCUT2D eigenvalue weighted by Crippen LogP contribution is -2.44. The Morgan fingerprint density at radius 1 is 1.03 bits per heavy atom. The summed E-state index contributed by atoms with van der Waals surface area (Å²) in [6.45, 7) is 4.56. The second-order valence-electron chi connectivity index (χ2n) is 7.50. The van der Waals surface area contributed by atoms with E-state index in [0.717, 1.165) is 40.6 Å². The average Bonchev–Trinajstić information content (AvgIpc) is 2.75. The van der Waals surface area contributed by atoms with E-state index in [0.29, 0.717) is 13.1 Å². The second kappa shape index (κ2) is 8.03. The number of carbonyl (C=O) groups is 2. The van der Waals surface area contributed by atoms with E-state index in [2.05, 4.69) is 30.1 Å². The van der Waals surface area contributed by atoms with E-state index >= 15 is 0 Å². The summed E-state index contributed by atoms with van der Waals surface area (Å²) in [5.74, 6) is 0.0158. The van der Waals surface area contributed by atoms with E-state index in [9.17, 15) is 9.59 Å². The molecule has 1 saturated heterocycles. The summed E-state index contributed by atoms with van der Waals surface area (Å²) in [6, 6.07) is 16.2. The zero-order valence-corrected chi connectivity index (χ0v) is 16.7. The van der Waals surface area contributed by atoms with Crippen molar-refractivity contribution in [3.63, 3.8) is 0 Å². The summed E-state index contributed by atoms with van der Waals surface area (Å²) in [4.78, 5) is 29.2. The van der Waals surface area contributed by atoms with Crippen molar-refractivity contribution in [2.75, 3.05) is 13.1 Å². The van der Waals surface area contributed by atoms with E-state index in [1.54, 1.807) is 4.90 Å². The van der Waals surface area contributed by atoms with Gasteiger partial charge in [0, 0.05) is 50.0 Å². The van der Waals surface area contributed by atoms with Crippen molar-refractivity contribution < 1.29 is 14.3 Å². The number of ketones is 1. The van der Waals surface area contributed by atoms with Crippen LogP contribution < -0.4 is 4.74 Å². The number of benzene rings is 2. The van der Waals surface area contributed by atoms with Crippen LogP contribution in [0.1, 0.15) is 25.3 Å². The molecule has 2 aromatic carbocycles. The molecule has 0 aliphatic carbocycles. The number of nitrogens with zero attached hydrogens (tertiary/aromatic N) is 2. The number of pyridine rings is 1. The van der Waals surface area contributed by atoms with Gasteiger partial charge in [-0.05, 0) is 36.2 Å². The van der Waals surface area contributed by atoms with E-state index in [-0.39, 0.29) is 6.10 Å². The number of ether oxygens (including phenoxy) is 1. The molecule has 1 aliphatic rings. The molecule has 0 radical (unpaired) electrons. The number of aryl methyl sites for hydroxylation is 1. The molecule has 1 aromatic heterocycles. The maximum Gasteiger partial charge on any atom is 0.289 e. The molecule has 29 heavy (non-hydrogen) atoms. The van der Waals surface area contributed by atoms with Gasteiger partial charge in [0.2, 0.25) is 5.78 Å². The fourth-order valence-electron chi connectivity index (χ4n) is 3.88. The van der Waals surface area contributed by atoms with Crippen LogP contribution in [-0.4, -0.2) is 40.8 Å². The number of likely N-dealkylation sites (tertiary alicyclic amines) is 1. The van der Waals surface area contributed by atoms with Crippen molar-refractivity contribution in [3.8, 4) is 16.9 Å². The standard InChI is InChI=1S/C24H24N2O3/c1-16-21-5-3-4-6-23(21)25-15-22(16)18-7-9-19(10-8-18)29-20-11-13-26(14-12-20)24(28)17(2)27/h3-10,15,20H,11-14H2,1-2H3. The highest BCUT2D eigenvalue weighted by molar-refractivity contribution is 6.35. The number of amides is 1. The van der Waals surface area contributed by atoms with E-state index in [1.165, 1.54) is 12.5 Å². The van der Waals surface area contributed by atoms with Crippen LogP contribution in [0, 0.1) is 6.92 Å². The van der Waals surface area contributed by atoms with Crippen molar-refractivity contribution in [2.45, 2.75) is 32.8 Å². The zero-order chi connectivity index (χ0) is 20.4. The molecule has 1 fully saturated rings. The van der Waals surface area contributed by atoms with Crippen LogP contribution in [0.25, 0.3) is 22.0 Å². The number of Topliss-reactive ketones (excluding diaryl/α,β-unsaturated/α-hetero) is 1. The number of para-hydroxylation sites is 1. The summed E-state index contributed by atoms with van der Waals surface area (Å²) >= 11 is 0. The molecule has 3 aromatic rings. The van der Waals surface area contributed by atoms with Gasteiger partial charge in [-0.1, -0.05) is 30.3 Å². The minimum absolute atomic E-state index is 0.0564. The van der Waals surface area contributed by atoms with Gasteiger partial charge in [-0.15, -0.1) is 0 Å². The number of rotatable bonds is 4. The molecule has 2 heterocycles. The lowest BCUT2D eigenvalue weighted by Gasteiger charge is -2.31. The van der Waals surface area contributed by atoms with Gasteiger partial charge in [0.25, 0.3) is 5.91 Å². The van der Waals surface area contributed by atoms with Crippen LogP contribution in [0.15, 0.2) is 54.7 Å². The van der Waals surface area contributed by atoms with Crippen molar-refractivity contribution in [1.29, 1.82) is 0 Å². The Bertz CT molecular complexity index is 1050. The summed E-state index contributed by atoms with van der Waals surface area (Å²) < 4.78 is 6.10. The Labute approximate surface area is 170 Å². The van der Waals surface area contributed by atoms with Gasteiger partial charge in [0.05, 0.1) is 5.52 Å². The van der Waals surface area contributed by atoms with Gasteiger partial charge in [-0.25, -0.2) is 0 Å². The molecule has 1 amide bonds. The monoisotopic (exact) mass is 388 g/mol. The van der Waals surface area contributed by atoms with Crippen LogP contribution in [0.3, 0.4) is 0 Å². The van der Waals surface area contributed by atoms with Gasteiger partial charge >= 0.3 is 0 Å². The number of piperidine rings is 1. The third-order valence-electron chi connectivity index (χ3n) is 5.54. The van der Waals surface area contributed by atoms with Crippen molar-refractivity contribution in [2.24, 2.45) is 0 Å². The molecule has 148 valence electrons. The number of aromatic nitrogens is 1. The largest absolute Gasteiger partial charge is 0.490 e. The molecule has 0 atom stereocenters. The quantitative estimate of drug-likeness (QED) is 0.630. The molecule has 5 nitrogen and oxygen atoms in total. The molecule has 0 bridgehead atoms. The van der Waals surface area contributed by atoms with Crippen molar-refractivity contribution >= 4 is 22.6 Å². The maximum atomic E-state index is 11.8. The normalized spacial score (nSPS) is 14.8. The number of fused-ring (bicyclic) bond motifs is 1. The van der Waals surface area contributed by atoms with Gasteiger partial charge < -0.3 is 9.64 Å². The van der Waals surface area contributed by atoms with Gasteiger partial charge in [0.1, 0.15) is 11.9 Å². The zero-order valence-electron chi connectivity index (χ0n) is 16.7. The van der Waals surface area contributed by atoms with Gasteiger partial charge in [-0.2, -0.15) is 0 Å². The summed E-state index contributed by atoms with van der Waals surface area (Å²) in [5.41, 5.74) is 4.44. The van der Waals surface area contributed by atoms with E-state index < -0.39 is 11.7 Å². The summed E-state index contributed by atoms with van der Waals surface area (Å²) in [6.07, 6.45) is 3.44. The second-order valence-corrected chi connectivity index (χ2v) is 7.50. The van der Waals surface area contributed by atoms with Crippen LogP contribution in [-0.2, 0) is 9.59 Å².